The van der Waals surface area contributed by atoms with Gasteiger partial charge in [0, 0.05) is 11.7 Å². The van der Waals surface area contributed by atoms with Gasteiger partial charge in [0.15, 0.2) is 5.65 Å². The van der Waals surface area contributed by atoms with Gasteiger partial charge < -0.3 is 20.7 Å². The van der Waals surface area contributed by atoms with Gasteiger partial charge in [0.05, 0.1) is 19.0 Å². The number of hydrogen-bond acceptors (Lipinski definition) is 9. The van der Waals surface area contributed by atoms with E-state index in [0.717, 1.165) is 11.4 Å². The fourth-order valence-electron chi connectivity index (χ4n) is 2.42. The maximum atomic E-state index is 9.93. The topological polar surface area (TPSA) is 119 Å². The number of anilines is 1. The van der Waals surface area contributed by atoms with Crippen LogP contribution in [0.25, 0.3) is 11.2 Å². The van der Waals surface area contributed by atoms with Gasteiger partial charge in [-0.25, -0.2) is 9.97 Å². The van der Waals surface area contributed by atoms with E-state index in [2.05, 4.69) is 28.8 Å². The Labute approximate surface area is 147 Å². The van der Waals surface area contributed by atoms with E-state index in [1.807, 2.05) is 0 Å². The molecule has 1 aliphatic heterocycles. The van der Waals surface area contributed by atoms with Crippen molar-refractivity contribution in [2.24, 2.45) is 0 Å². The summed E-state index contributed by atoms with van der Waals surface area (Å²) in [6.07, 6.45) is 1.30. The first-order chi connectivity index (χ1) is 11.5. The van der Waals surface area contributed by atoms with Gasteiger partial charge in [0.25, 0.3) is 0 Å². The van der Waals surface area contributed by atoms with E-state index in [4.69, 9.17) is 10.5 Å². The molecule has 3 heterocycles. The molecule has 1 saturated heterocycles. The molecule has 4 atom stereocenters. The van der Waals surface area contributed by atoms with E-state index in [1.165, 1.54) is 10.8 Å². The van der Waals surface area contributed by atoms with E-state index in [9.17, 15) is 10.2 Å². The zero-order chi connectivity index (χ0) is 17.3. The summed E-state index contributed by atoms with van der Waals surface area (Å²) in [7, 11) is 3.25. The quantitative estimate of drug-likeness (QED) is 0.513. The summed E-state index contributed by atoms with van der Waals surface area (Å²) in [5.41, 5.74) is 7.09. The normalized spacial score (nSPS) is 25.4. The summed E-state index contributed by atoms with van der Waals surface area (Å²) < 4.78 is 7.42. The van der Waals surface area contributed by atoms with E-state index in [0.29, 0.717) is 22.8 Å². The SMILES string of the molecule is CCC(C)SSc1nc(N)nc2c1ncn2C1C[C@H](O)C(CO)O1. The van der Waals surface area contributed by atoms with Crippen LogP contribution in [0, 0.1) is 0 Å². The molecular formula is C14H21N5O3S2. The van der Waals surface area contributed by atoms with Crippen molar-refractivity contribution in [1.82, 2.24) is 19.5 Å². The van der Waals surface area contributed by atoms with Gasteiger partial charge in [-0.1, -0.05) is 24.6 Å². The summed E-state index contributed by atoms with van der Waals surface area (Å²) in [5.74, 6) is 0.175. The molecule has 10 heteroatoms. The molecule has 0 aromatic carbocycles. The van der Waals surface area contributed by atoms with E-state index < -0.39 is 18.4 Å². The van der Waals surface area contributed by atoms with Crippen molar-refractivity contribution < 1.29 is 14.9 Å². The van der Waals surface area contributed by atoms with Gasteiger partial charge in [-0.05, 0) is 17.2 Å². The lowest BCUT2D eigenvalue weighted by molar-refractivity contribution is -0.0432. The lowest BCUT2D eigenvalue weighted by Crippen LogP contribution is -2.24. The zero-order valence-electron chi connectivity index (χ0n) is 13.5. The van der Waals surface area contributed by atoms with Gasteiger partial charge in [-0.2, -0.15) is 4.98 Å². The molecule has 2 aromatic heterocycles. The summed E-state index contributed by atoms with van der Waals surface area (Å²) >= 11 is 0. The minimum atomic E-state index is -0.716. The predicted molar refractivity (Wildman–Crippen MR) is 94.6 cm³/mol. The molecule has 0 saturated carbocycles. The molecular weight excluding hydrogens is 350 g/mol. The van der Waals surface area contributed by atoms with Crippen LogP contribution in [0.4, 0.5) is 5.95 Å². The van der Waals surface area contributed by atoms with Crippen LogP contribution in [0.2, 0.25) is 0 Å². The Hall–Kier alpha value is -1.07. The highest BCUT2D eigenvalue weighted by Gasteiger charge is 2.35. The van der Waals surface area contributed by atoms with Crippen LogP contribution in [0.1, 0.15) is 32.9 Å². The Balaban J connectivity index is 1.90. The molecule has 2 aromatic rings. The number of aliphatic hydroxyl groups excluding tert-OH is 2. The second-order valence-electron chi connectivity index (χ2n) is 5.72. The summed E-state index contributed by atoms with van der Waals surface area (Å²) in [6, 6.07) is 0. The number of aliphatic hydroxyl groups is 2. The first-order valence-corrected chi connectivity index (χ1v) is 10.0. The van der Waals surface area contributed by atoms with Crippen molar-refractivity contribution in [3.05, 3.63) is 6.33 Å². The number of rotatable bonds is 6. The first-order valence-electron chi connectivity index (χ1n) is 7.81. The van der Waals surface area contributed by atoms with Crippen LogP contribution < -0.4 is 5.73 Å². The Morgan fingerprint density at radius 2 is 2.29 bits per heavy atom. The number of imidazole rings is 1. The van der Waals surface area contributed by atoms with E-state index in [-0.39, 0.29) is 12.6 Å². The lowest BCUT2D eigenvalue weighted by Gasteiger charge is -2.14. The molecule has 0 aliphatic carbocycles. The first kappa shape index (κ1) is 17.7. The summed E-state index contributed by atoms with van der Waals surface area (Å²) in [4.78, 5) is 13.0. The van der Waals surface area contributed by atoms with Gasteiger partial charge in [-0.3, -0.25) is 4.57 Å². The maximum Gasteiger partial charge on any atom is 0.223 e. The highest BCUT2D eigenvalue weighted by molar-refractivity contribution is 8.77. The highest BCUT2D eigenvalue weighted by Crippen LogP contribution is 2.39. The van der Waals surface area contributed by atoms with Crippen LogP contribution in [-0.2, 0) is 4.74 Å². The average molecular weight is 371 g/mol. The van der Waals surface area contributed by atoms with Crippen molar-refractivity contribution in [1.29, 1.82) is 0 Å². The highest BCUT2D eigenvalue weighted by atomic mass is 33.1. The van der Waals surface area contributed by atoms with Crippen molar-refractivity contribution in [2.75, 3.05) is 12.3 Å². The van der Waals surface area contributed by atoms with Gasteiger partial charge in [0.1, 0.15) is 22.9 Å². The molecule has 0 spiro atoms. The molecule has 1 fully saturated rings. The Bertz CT molecular complexity index is 713. The minimum absolute atomic E-state index is 0.175. The minimum Gasteiger partial charge on any atom is -0.394 e. The molecule has 0 bridgehead atoms. The van der Waals surface area contributed by atoms with Crippen molar-refractivity contribution >= 4 is 38.7 Å². The molecule has 132 valence electrons. The van der Waals surface area contributed by atoms with E-state index in [1.54, 1.807) is 21.7 Å². The maximum absolute atomic E-state index is 9.93. The number of hydrogen-bond donors (Lipinski definition) is 3. The number of ether oxygens (including phenoxy) is 1. The molecule has 8 nitrogen and oxygen atoms in total. The van der Waals surface area contributed by atoms with Crippen LogP contribution in [0.15, 0.2) is 11.4 Å². The smallest absolute Gasteiger partial charge is 0.223 e. The predicted octanol–water partition coefficient (Wildman–Crippen LogP) is 1.59. The third-order valence-electron chi connectivity index (χ3n) is 3.97. The average Bonchev–Trinajstić information content (AvgIpc) is 3.15. The number of nitrogen functional groups attached to an aromatic ring is 1. The Morgan fingerprint density at radius 1 is 1.50 bits per heavy atom. The van der Waals surface area contributed by atoms with Crippen LogP contribution in [0.5, 0.6) is 0 Å². The molecule has 3 rings (SSSR count). The standard InChI is InChI=1S/C14H21N5O3S2/c1-3-7(2)23-24-13-11-12(17-14(15)18-13)19(6-16-11)10-4-8(21)9(5-20)22-10/h6-10,20-21H,3-5H2,1-2H3,(H2,15,17,18)/t7?,8-,9?,10?/m0/s1. The molecule has 0 amide bonds. The van der Waals surface area contributed by atoms with Gasteiger partial charge >= 0.3 is 0 Å². The molecule has 4 N–H and O–H groups in total. The van der Waals surface area contributed by atoms with Gasteiger partial charge in [0.2, 0.25) is 5.95 Å². The monoisotopic (exact) mass is 371 g/mol. The lowest BCUT2D eigenvalue weighted by atomic mass is 10.2. The Morgan fingerprint density at radius 3 is 2.96 bits per heavy atom. The van der Waals surface area contributed by atoms with Crippen LogP contribution in [0.3, 0.4) is 0 Å². The molecule has 3 unspecified atom stereocenters. The summed E-state index contributed by atoms with van der Waals surface area (Å²) in [6.45, 7) is 4.06. The molecule has 24 heavy (non-hydrogen) atoms. The molecule has 0 radical (unpaired) electrons. The largest absolute Gasteiger partial charge is 0.394 e. The van der Waals surface area contributed by atoms with Crippen molar-refractivity contribution in [3.63, 3.8) is 0 Å². The van der Waals surface area contributed by atoms with Crippen LogP contribution in [-0.4, -0.2) is 53.8 Å². The second kappa shape index (κ2) is 7.44. The Kier molecular flexibility index (Phi) is 5.50. The number of aromatic nitrogens is 4. The van der Waals surface area contributed by atoms with Gasteiger partial charge in [-0.15, -0.1) is 0 Å². The fraction of sp³-hybridized carbons (Fsp3) is 0.643. The van der Waals surface area contributed by atoms with Crippen molar-refractivity contribution in [2.45, 2.75) is 55.4 Å². The molecule has 1 aliphatic rings. The van der Waals surface area contributed by atoms with Crippen molar-refractivity contribution in [3.8, 4) is 0 Å². The van der Waals surface area contributed by atoms with Crippen LogP contribution >= 0.6 is 21.6 Å². The summed E-state index contributed by atoms with van der Waals surface area (Å²) in [5, 5.41) is 20.4. The number of fused-ring (bicyclic) bond motifs is 1. The van der Waals surface area contributed by atoms with E-state index >= 15 is 0 Å². The second-order valence-corrected chi connectivity index (χ2v) is 8.35. The third kappa shape index (κ3) is 3.47. The third-order valence-corrected chi connectivity index (χ3v) is 6.92. The zero-order valence-corrected chi connectivity index (χ0v) is 15.1. The number of nitrogens with zero attached hydrogens (tertiary/aromatic N) is 4. The fourth-order valence-corrected chi connectivity index (χ4v) is 4.69. The number of nitrogens with two attached hydrogens (primary N) is 1.